The van der Waals surface area contributed by atoms with E-state index in [1.54, 1.807) is 0 Å². The Morgan fingerprint density at radius 3 is 2.94 bits per heavy atom. The second kappa shape index (κ2) is 5.29. The minimum atomic E-state index is 0.253. The molecule has 1 aliphatic heterocycles. The molecule has 0 N–H and O–H groups in total. The summed E-state index contributed by atoms with van der Waals surface area (Å²) in [6.45, 7) is 1.50. The van der Waals surface area contributed by atoms with Crippen molar-refractivity contribution in [3.05, 3.63) is 40.9 Å². The van der Waals surface area contributed by atoms with E-state index in [1.807, 2.05) is 18.2 Å². The van der Waals surface area contributed by atoms with Crippen LogP contribution in [0.5, 0.6) is 5.75 Å². The third kappa shape index (κ3) is 2.38. The van der Waals surface area contributed by atoms with E-state index < -0.39 is 0 Å². The number of hydrogen-bond acceptors (Lipinski definition) is 2. The molecular formula is C15H15BrO2. The van der Waals surface area contributed by atoms with Crippen LogP contribution >= 0.6 is 15.9 Å². The van der Waals surface area contributed by atoms with E-state index in [4.69, 9.17) is 9.47 Å². The Hall–Kier alpha value is -1.06. The number of halogens is 1. The number of hydrogen-bond donors (Lipinski definition) is 0. The standard InChI is InChI=1S/C15H15BrO2/c16-15-13-6-2-1-4-11(13)7-8-14(15)18-10-12-5-3-9-17-12/h1-2,4,6-8,12H,3,5,9-10H2. The van der Waals surface area contributed by atoms with Crippen LogP contribution in [0.4, 0.5) is 0 Å². The van der Waals surface area contributed by atoms with Crippen LogP contribution in [0, 0.1) is 0 Å². The van der Waals surface area contributed by atoms with Crippen LogP contribution in [-0.2, 0) is 4.74 Å². The smallest absolute Gasteiger partial charge is 0.134 e. The minimum Gasteiger partial charge on any atom is -0.490 e. The molecule has 1 saturated heterocycles. The molecule has 1 unspecified atom stereocenters. The first-order valence-corrected chi connectivity index (χ1v) is 7.05. The van der Waals surface area contributed by atoms with Gasteiger partial charge in [0.1, 0.15) is 12.4 Å². The van der Waals surface area contributed by atoms with Crippen molar-refractivity contribution in [2.45, 2.75) is 18.9 Å². The lowest BCUT2D eigenvalue weighted by Gasteiger charge is -2.13. The lowest BCUT2D eigenvalue weighted by molar-refractivity contribution is 0.0677. The van der Waals surface area contributed by atoms with E-state index in [9.17, 15) is 0 Å². The summed E-state index contributed by atoms with van der Waals surface area (Å²) in [6.07, 6.45) is 2.50. The summed E-state index contributed by atoms with van der Waals surface area (Å²) in [7, 11) is 0. The van der Waals surface area contributed by atoms with Crippen molar-refractivity contribution in [2.75, 3.05) is 13.2 Å². The average Bonchev–Trinajstić information content (AvgIpc) is 2.91. The molecule has 3 rings (SSSR count). The Morgan fingerprint density at radius 1 is 1.22 bits per heavy atom. The first kappa shape index (κ1) is 12.0. The summed E-state index contributed by atoms with van der Waals surface area (Å²) < 4.78 is 12.4. The average molecular weight is 307 g/mol. The normalized spacial score (nSPS) is 19.3. The van der Waals surface area contributed by atoms with Crippen LogP contribution in [0.2, 0.25) is 0 Å². The van der Waals surface area contributed by atoms with Gasteiger partial charge in [0.05, 0.1) is 10.6 Å². The van der Waals surface area contributed by atoms with Crippen LogP contribution < -0.4 is 4.74 Å². The number of ether oxygens (including phenoxy) is 2. The van der Waals surface area contributed by atoms with Gasteiger partial charge in [-0.15, -0.1) is 0 Å². The largest absolute Gasteiger partial charge is 0.490 e. The fourth-order valence-corrected chi connectivity index (χ4v) is 2.89. The molecule has 2 aromatic carbocycles. The topological polar surface area (TPSA) is 18.5 Å². The van der Waals surface area contributed by atoms with Crippen LogP contribution in [0.3, 0.4) is 0 Å². The zero-order valence-corrected chi connectivity index (χ0v) is 11.7. The summed E-state index contributed by atoms with van der Waals surface area (Å²) in [6, 6.07) is 12.4. The second-order valence-corrected chi connectivity index (χ2v) is 5.34. The van der Waals surface area contributed by atoms with Crippen molar-refractivity contribution < 1.29 is 9.47 Å². The highest BCUT2D eigenvalue weighted by molar-refractivity contribution is 9.10. The molecule has 0 saturated carbocycles. The van der Waals surface area contributed by atoms with Gasteiger partial charge >= 0.3 is 0 Å². The van der Waals surface area contributed by atoms with E-state index in [2.05, 4.69) is 34.1 Å². The molecule has 0 spiro atoms. The second-order valence-electron chi connectivity index (χ2n) is 4.54. The molecule has 1 aliphatic rings. The van der Waals surface area contributed by atoms with Crippen LogP contribution in [0.15, 0.2) is 40.9 Å². The highest BCUT2D eigenvalue weighted by Crippen LogP contribution is 2.33. The predicted octanol–water partition coefficient (Wildman–Crippen LogP) is 4.16. The van der Waals surface area contributed by atoms with E-state index in [1.165, 1.54) is 10.8 Å². The molecule has 2 nitrogen and oxygen atoms in total. The molecule has 0 radical (unpaired) electrons. The lowest BCUT2D eigenvalue weighted by Crippen LogP contribution is -2.16. The third-order valence-electron chi connectivity index (χ3n) is 3.28. The molecule has 18 heavy (non-hydrogen) atoms. The third-order valence-corrected chi connectivity index (χ3v) is 4.09. The van der Waals surface area contributed by atoms with Crippen molar-refractivity contribution in [2.24, 2.45) is 0 Å². The predicted molar refractivity (Wildman–Crippen MR) is 76.1 cm³/mol. The number of rotatable bonds is 3. The van der Waals surface area contributed by atoms with Crippen molar-refractivity contribution in [1.29, 1.82) is 0 Å². The van der Waals surface area contributed by atoms with Gasteiger partial charge in [-0.2, -0.15) is 0 Å². The van der Waals surface area contributed by atoms with Crippen LogP contribution in [0.1, 0.15) is 12.8 Å². The summed E-state index contributed by atoms with van der Waals surface area (Å²) in [5.74, 6) is 0.893. The molecule has 1 atom stereocenters. The van der Waals surface area contributed by atoms with Gasteiger partial charge < -0.3 is 9.47 Å². The zero-order chi connectivity index (χ0) is 12.4. The zero-order valence-electron chi connectivity index (χ0n) is 10.1. The fourth-order valence-electron chi connectivity index (χ4n) is 2.28. The Kier molecular flexibility index (Phi) is 3.52. The van der Waals surface area contributed by atoms with E-state index >= 15 is 0 Å². The minimum absolute atomic E-state index is 0.253. The summed E-state index contributed by atoms with van der Waals surface area (Å²) in [4.78, 5) is 0. The quantitative estimate of drug-likeness (QED) is 0.847. The molecule has 3 heteroatoms. The van der Waals surface area contributed by atoms with Crippen molar-refractivity contribution in [1.82, 2.24) is 0 Å². The Labute approximate surface area is 115 Å². The molecule has 0 bridgehead atoms. The summed E-state index contributed by atoms with van der Waals surface area (Å²) in [5, 5.41) is 2.40. The Bertz CT molecular complexity index is 547. The molecule has 1 heterocycles. The van der Waals surface area contributed by atoms with E-state index in [-0.39, 0.29) is 6.10 Å². The SMILES string of the molecule is Brc1c(OCC2CCCO2)ccc2ccccc12. The van der Waals surface area contributed by atoms with E-state index in [0.717, 1.165) is 29.7 Å². The monoisotopic (exact) mass is 306 g/mol. The van der Waals surface area contributed by atoms with Gasteiger partial charge in [-0.25, -0.2) is 0 Å². The molecule has 0 amide bonds. The van der Waals surface area contributed by atoms with E-state index in [0.29, 0.717) is 6.61 Å². The van der Waals surface area contributed by atoms with Gasteiger partial charge in [0, 0.05) is 6.61 Å². The van der Waals surface area contributed by atoms with Gasteiger partial charge in [0.25, 0.3) is 0 Å². The molecule has 0 aromatic heterocycles. The number of benzene rings is 2. The van der Waals surface area contributed by atoms with Gasteiger partial charge in [-0.05, 0) is 45.6 Å². The molecule has 2 aromatic rings. The number of fused-ring (bicyclic) bond motifs is 1. The van der Waals surface area contributed by atoms with Crippen LogP contribution in [-0.4, -0.2) is 19.3 Å². The Balaban J connectivity index is 1.81. The highest BCUT2D eigenvalue weighted by Gasteiger charge is 2.16. The molecule has 1 fully saturated rings. The van der Waals surface area contributed by atoms with Crippen molar-refractivity contribution in [3.8, 4) is 5.75 Å². The molecule has 94 valence electrons. The molecule has 0 aliphatic carbocycles. The van der Waals surface area contributed by atoms with Gasteiger partial charge in [0.15, 0.2) is 0 Å². The van der Waals surface area contributed by atoms with Crippen molar-refractivity contribution in [3.63, 3.8) is 0 Å². The van der Waals surface area contributed by atoms with Gasteiger partial charge in [0.2, 0.25) is 0 Å². The maximum Gasteiger partial charge on any atom is 0.134 e. The maximum absolute atomic E-state index is 5.86. The first-order chi connectivity index (χ1) is 8.84. The van der Waals surface area contributed by atoms with Gasteiger partial charge in [-0.1, -0.05) is 30.3 Å². The van der Waals surface area contributed by atoms with Crippen LogP contribution in [0.25, 0.3) is 10.8 Å². The van der Waals surface area contributed by atoms with Crippen molar-refractivity contribution >= 4 is 26.7 Å². The Morgan fingerprint density at radius 2 is 2.11 bits per heavy atom. The first-order valence-electron chi connectivity index (χ1n) is 6.26. The highest BCUT2D eigenvalue weighted by atomic mass is 79.9. The lowest BCUT2D eigenvalue weighted by atomic mass is 10.1. The fraction of sp³-hybridized carbons (Fsp3) is 0.333. The summed E-state index contributed by atoms with van der Waals surface area (Å²) >= 11 is 3.63. The molecular weight excluding hydrogens is 292 g/mol. The maximum atomic E-state index is 5.86. The van der Waals surface area contributed by atoms with Gasteiger partial charge in [-0.3, -0.25) is 0 Å². The summed E-state index contributed by atoms with van der Waals surface area (Å²) in [5.41, 5.74) is 0.